The molecule has 21 heavy (non-hydrogen) atoms. The molecule has 0 aliphatic rings. The summed E-state index contributed by atoms with van der Waals surface area (Å²) in [5, 5.41) is 13.0. The largest absolute Gasteiger partial charge is 0.450 e. The van der Waals surface area contributed by atoms with Crippen molar-refractivity contribution in [2.45, 2.75) is 6.92 Å². The van der Waals surface area contributed by atoms with Crippen LogP contribution in [0.3, 0.4) is 0 Å². The molecule has 0 aliphatic carbocycles. The smallest absolute Gasteiger partial charge is 0.414 e. The molecule has 0 atom stereocenters. The minimum atomic E-state index is -1.01. The second-order valence-electron chi connectivity index (χ2n) is 3.61. The third-order valence-electron chi connectivity index (χ3n) is 2.16. The van der Waals surface area contributed by atoms with Gasteiger partial charge in [-0.3, -0.25) is 10.1 Å². The molecule has 0 heterocycles. The van der Waals surface area contributed by atoms with E-state index in [4.69, 9.17) is 5.26 Å². The van der Waals surface area contributed by atoms with E-state index >= 15 is 0 Å². The first-order valence-electron chi connectivity index (χ1n) is 5.78. The summed E-state index contributed by atoms with van der Waals surface area (Å²) in [4.78, 5) is 22.6. The molecule has 0 spiro atoms. The van der Waals surface area contributed by atoms with Crippen LogP contribution < -0.4 is 10.6 Å². The lowest BCUT2D eigenvalue weighted by Gasteiger charge is -2.05. The summed E-state index contributed by atoms with van der Waals surface area (Å²) in [6, 6.07) is 4.27. The van der Waals surface area contributed by atoms with Crippen LogP contribution in [0.4, 0.5) is 19.3 Å². The first-order chi connectivity index (χ1) is 9.97. The van der Waals surface area contributed by atoms with Gasteiger partial charge < -0.3 is 10.1 Å². The number of anilines is 1. The molecule has 0 aliphatic heterocycles. The maximum atomic E-state index is 13.3. The van der Waals surface area contributed by atoms with E-state index in [2.05, 4.69) is 10.1 Å². The van der Waals surface area contributed by atoms with Crippen LogP contribution in [-0.4, -0.2) is 18.6 Å². The van der Waals surface area contributed by atoms with Gasteiger partial charge in [-0.2, -0.15) is 5.26 Å². The molecule has 110 valence electrons. The molecule has 2 amide bonds. The number of hydrogen-bond donors (Lipinski definition) is 2. The van der Waals surface area contributed by atoms with Crippen LogP contribution in [0, 0.1) is 23.0 Å². The lowest BCUT2D eigenvalue weighted by atomic mass is 10.2. The molecule has 0 fully saturated rings. The van der Waals surface area contributed by atoms with Crippen molar-refractivity contribution in [1.82, 2.24) is 5.32 Å². The standard InChI is InChI=1S/C13H11F2N3O3/c1-2-21-13(20)18-12(19)8(6-16)7-17-11-4-3-9(14)5-10(11)15/h3-5,7,17H,2H2,1H3,(H,18,19,20)/b8-7+. The Morgan fingerprint density at radius 2 is 2.14 bits per heavy atom. The van der Waals surface area contributed by atoms with E-state index in [-0.39, 0.29) is 12.3 Å². The molecule has 0 saturated carbocycles. The molecule has 8 heteroatoms. The number of carbonyl (C=O) groups is 2. The van der Waals surface area contributed by atoms with Gasteiger partial charge in [0.1, 0.15) is 23.3 Å². The van der Waals surface area contributed by atoms with E-state index < -0.39 is 29.2 Å². The Bertz CT molecular complexity index is 624. The summed E-state index contributed by atoms with van der Waals surface area (Å²) in [7, 11) is 0. The SMILES string of the molecule is CCOC(=O)NC(=O)/C(C#N)=C/Nc1ccc(F)cc1F. The van der Waals surface area contributed by atoms with Crippen LogP contribution in [0.1, 0.15) is 6.92 Å². The predicted molar refractivity (Wildman–Crippen MR) is 68.8 cm³/mol. The van der Waals surface area contributed by atoms with Gasteiger partial charge in [0.05, 0.1) is 12.3 Å². The summed E-state index contributed by atoms with van der Waals surface area (Å²) >= 11 is 0. The number of halogens is 2. The number of benzene rings is 1. The fraction of sp³-hybridized carbons (Fsp3) is 0.154. The zero-order valence-electron chi connectivity index (χ0n) is 10.9. The number of nitrogens with zero attached hydrogens (tertiary/aromatic N) is 1. The van der Waals surface area contributed by atoms with E-state index in [1.165, 1.54) is 6.07 Å². The number of rotatable bonds is 4. The maximum absolute atomic E-state index is 13.3. The fourth-order valence-electron chi connectivity index (χ4n) is 1.23. The van der Waals surface area contributed by atoms with Crippen molar-refractivity contribution in [3.05, 3.63) is 41.6 Å². The van der Waals surface area contributed by atoms with Crippen molar-refractivity contribution in [3.8, 4) is 6.07 Å². The Balaban J connectivity index is 2.78. The molecule has 6 nitrogen and oxygen atoms in total. The van der Waals surface area contributed by atoms with Gasteiger partial charge in [-0.15, -0.1) is 0 Å². The van der Waals surface area contributed by atoms with Gasteiger partial charge in [-0.1, -0.05) is 0 Å². The highest BCUT2D eigenvalue weighted by Crippen LogP contribution is 2.15. The van der Waals surface area contributed by atoms with Gasteiger partial charge in [0.15, 0.2) is 0 Å². The Kier molecular flexibility index (Phi) is 5.82. The number of imide groups is 1. The van der Waals surface area contributed by atoms with Crippen molar-refractivity contribution in [3.63, 3.8) is 0 Å². The number of hydrogen-bond acceptors (Lipinski definition) is 5. The number of alkyl carbamates (subject to hydrolysis) is 1. The molecule has 2 N–H and O–H groups in total. The minimum Gasteiger partial charge on any atom is -0.450 e. The maximum Gasteiger partial charge on any atom is 0.414 e. The summed E-state index contributed by atoms with van der Waals surface area (Å²) < 4.78 is 30.5. The van der Waals surface area contributed by atoms with Crippen LogP contribution in [-0.2, 0) is 9.53 Å². The van der Waals surface area contributed by atoms with E-state index in [0.29, 0.717) is 6.07 Å². The summed E-state index contributed by atoms with van der Waals surface area (Å²) in [5.41, 5.74) is -0.611. The average Bonchev–Trinajstić information content (AvgIpc) is 2.41. The number of nitriles is 1. The van der Waals surface area contributed by atoms with Crippen molar-refractivity contribution < 1.29 is 23.1 Å². The first kappa shape index (κ1) is 16.1. The summed E-state index contributed by atoms with van der Waals surface area (Å²) in [6.07, 6.45) is -0.109. The topological polar surface area (TPSA) is 91.2 Å². The molecule has 0 unspecified atom stereocenters. The van der Waals surface area contributed by atoms with E-state index in [0.717, 1.165) is 18.3 Å². The Labute approximate surface area is 119 Å². The molecular formula is C13H11F2N3O3. The van der Waals surface area contributed by atoms with Crippen LogP contribution in [0.15, 0.2) is 30.0 Å². The average molecular weight is 295 g/mol. The first-order valence-corrected chi connectivity index (χ1v) is 5.78. The quantitative estimate of drug-likeness (QED) is 0.655. The van der Waals surface area contributed by atoms with Crippen molar-refractivity contribution in [1.29, 1.82) is 5.26 Å². The lowest BCUT2D eigenvalue weighted by molar-refractivity contribution is -0.116. The van der Waals surface area contributed by atoms with Gasteiger partial charge >= 0.3 is 6.09 Å². The monoisotopic (exact) mass is 295 g/mol. The van der Waals surface area contributed by atoms with Gasteiger partial charge in [0, 0.05) is 12.3 Å². The van der Waals surface area contributed by atoms with E-state index in [9.17, 15) is 18.4 Å². The zero-order valence-corrected chi connectivity index (χ0v) is 10.9. The van der Waals surface area contributed by atoms with Crippen molar-refractivity contribution >= 4 is 17.7 Å². The third-order valence-corrected chi connectivity index (χ3v) is 2.16. The van der Waals surface area contributed by atoms with Crippen LogP contribution in [0.5, 0.6) is 0 Å². The molecule has 0 bridgehead atoms. The zero-order chi connectivity index (χ0) is 15.8. The highest BCUT2D eigenvalue weighted by molar-refractivity contribution is 6.05. The van der Waals surface area contributed by atoms with E-state index in [1.54, 1.807) is 6.92 Å². The van der Waals surface area contributed by atoms with Gasteiger partial charge in [0.2, 0.25) is 0 Å². The predicted octanol–water partition coefficient (Wildman–Crippen LogP) is 2.06. The van der Waals surface area contributed by atoms with Crippen LogP contribution >= 0.6 is 0 Å². The van der Waals surface area contributed by atoms with Gasteiger partial charge in [0.25, 0.3) is 5.91 Å². The number of ether oxygens (including phenoxy) is 1. The molecule has 0 radical (unpaired) electrons. The minimum absolute atomic E-state index is 0.0593. The number of amides is 2. The van der Waals surface area contributed by atoms with E-state index in [1.807, 2.05) is 5.32 Å². The molecule has 1 rings (SSSR count). The fourth-order valence-corrected chi connectivity index (χ4v) is 1.23. The Hall–Kier alpha value is -2.95. The molecule has 0 saturated heterocycles. The third kappa shape index (κ3) is 4.91. The lowest BCUT2D eigenvalue weighted by Crippen LogP contribution is -2.32. The van der Waals surface area contributed by atoms with Gasteiger partial charge in [-0.05, 0) is 19.1 Å². The van der Waals surface area contributed by atoms with Crippen molar-refractivity contribution in [2.75, 3.05) is 11.9 Å². The molecular weight excluding hydrogens is 284 g/mol. The van der Waals surface area contributed by atoms with Crippen LogP contribution in [0.25, 0.3) is 0 Å². The van der Waals surface area contributed by atoms with Gasteiger partial charge in [-0.25, -0.2) is 13.6 Å². The van der Waals surface area contributed by atoms with Crippen molar-refractivity contribution in [2.24, 2.45) is 0 Å². The molecule has 1 aromatic carbocycles. The summed E-state index contributed by atoms with van der Waals surface area (Å²) in [5.74, 6) is -2.66. The second kappa shape index (κ2) is 7.59. The number of nitrogens with one attached hydrogen (secondary N) is 2. The highest BCUT2D eigenvalue weighted by Gasteiger charge is 2.13. The second-order valence-corrected chi connectivity index (χ2v) is 3.61. The highest BCUT2D eigenvalue weighted by atomic mass is 19.1. The Morgan fingerprint density at radius 3 is 2.71 bits per heavy atom. The van der Waals surface area contributed by atoms with Crippen LogP contribution in [0.2, 0.25) is 0 Å². The molecule has 1 aromatic rings. The summed E-state index contributed by atoms with van der Waals surface area (Å²) in [6.45, 7) is 1.60. The molecule has 0 aromatic heterocycles. The number of carbonyl (C=O) groups excluding carboxylic acids is 2. The normalized spacial score (nSPS) is 10.5. The Morgan fingerprint density at radius 1 is 1.43 bits per heavy atom.